The van der Waals surface area contributed by atoms with Crippen LogP contribution in [0.1, 0.15) is 56.6 Å². The van der Waals surface area contributed by atoms with Crippen LogP contribution in [-0.2, 0) is 20.9 Å². The second-order valence-electron chi connectivity index (χ2n) is 9.70. The third-order valence-corrected chi connectivity index (χ3v) is 5.25. The molecule has 196 valence electrons. The Kier molecular flexibility index (Phi) is 8.21. The Hall–Kier alpha value is -4.35. The van der Waals surface area contributed by atoms with Crippen LogP contribution in [0.5, 0.6) is 0 Å². The van der Waals surface area contributed by atoms with Gasteiger partial charge in [-0.25, -0.2) is 14.8 Å². The fourth-order valence-corrected chi connectivity index (χ4v) is 3.47. The number of benzene rings is 1. The number of amides is 1. The number of carbonyl (C=O) groups is 3. The molecule has 0 aliphatic carbocycles. The molecule has 0 spiro atoms. The first-order valence-electron chi connectivity index (χ1n) is 11.7. The molecule has 5 N–H and O–H groups in total. The van der Waals surface area contributed by atoms with E-state index >= 15 is 0 Å². The van der Waals surface area contributed by atoms with Crippen molar-refractivity contribution in [3.05, 3.63) is 41.7 Å². The maximum absolute atomic E-state index is 12.9. The van der Waals surface area contributed by atoms with Gasteiger partial charge in [-0.15, -0.1) is 0 Å². The number of hydrogen-bond donors (Lipinski definition) is 3. The first-order valence-corrected chi connectivity index (χ1v) is 11.7. The van der Waals surface area contributed by atoms with E-state index in [4.69, 9.17) is 16.2 Å². The first kappa shape index (κ1) is 27.2. The van der Waals surface area contributed by atoms with E-state index in [0.717, 1.165) is 5.69 Å². The molecule has 0 fully saturated rings. The summed E-state index contributed by atoms with van der Waals surface area (Å²) in [4.78, 5) is 55.5. The van der Waals surface area contributed by atoms with Gasteiger partial charge in [-0.05, 0) is 58.4 Å². The number of fused-ring (bicyclic) bond motifs is 1. The van der Waals surface area contributed by atoms with E-state index in [1.54, 1.807) is 51.2 Å². The summed E-state index contributed by atoms with van der Waals surface area (Å²) < 4.78 is 5.41. The molecule has 0 bridgehead atoms. The van der Waals surface area contributed by atoms with Crippen LogP contribution < -0.4 is 21.7 Å². The lowest BCUT2D eigenvalue weighted by Gasteiger charge is -2.24. The quantitative estimate of drug-likeness (QED) is 0.360. The largest absolute Gasteiger partial charge is 0.458 e. The molecule has 0 unspecified atom stereocenters. The van der Waals surface area contributed by atoms with Crippen molar-refractivity contribution < 1.29 is 19.1 Å². The highest BCUT2D eigenvalue weighted by Crippen LogP contribution is 2.19. The number of nitrogens with one attached hydrogen (secondary N) is 1. The van der Waals surface area contributed by atoms with Crippen molar-refractivity contribution in [2.24, 2.45) is 0 Å². The van der Waals surface area contributed by atoms with Crippen LogP contribution in [0.25, 0.3) is 11.2 Å². The molecule has 2 heterocycles. The zero-order valence-electron chi connectivity index (χ0n) is 21.6. The maximum Gasteiger partial charge on any atom is 0.329 e. The molecule has 0 aliphatic heterocycles. The minimum absolute atomic E-state index is 0.0320. The molecule has 37 heavy (non-hydrogen) atoms. The van der Waals surface area contributed by atoms with Crippen LogP contribution in [0.3, 0.4) is 0 Å². The van der Waals surface area contributed by atoms with E-state index in [1.807, 2.05) is 11.9 Å². The van der Waals surface area contributed by atoms with E-state index in [0.29, 0.717) is 29.0 Å². The van der Waals surface area contributed by atoms with Gasteiger partial charge in [0, 0.05) is 24.7 Å². The Bertz CT molecular complexity index is 1300. The monoisotopic (exact) mass is 508 g/mol. The van der Waals surface area contributed by atoms with Crippen molar-refractivity contribution in [3.8, 4) is 0 Å². The van der Waals surface area contributed by atoms with Crippen molar-refractivity contribution in [2.45, 2.75) is 58.7 Å². The zero-order valence-corrected chi connectivity index (χ0v) is 21.6. The molecule has 0 radical (unpaired) electrons. The van der Waals surface area contributed by atoms with Crippen LogP contribution in [0.15, 0.2) is 30.5 Å². The molecule has 1 amide bonds. The number of hydrogen-bond acceptors (Lipinski definition) is 11. The number of ether oxygens (including phenoxy) is 1. The standard InChI is InChI=1S/C25H32N8O4/c1-14(34)6-11-18(23(36)37-25(2,3)4)30-22(35)15-7-9-17(10-8-15)33(5)13-16-12-28-21-19(29-16)20(26)31-24(27)32-21/h7-10,12,18H,6,11,13H2,1-5H3,(H,30,35)(H4,26,27,28,31,32)/t18-/m1/s1. The molecular weight excluding hydrogens is 476 g/mol. The average Bonchev–Trinajstić information content (AvgIpc) is 2.80. The minimum Gasteiger partial charge on any atom is -0.458 e. The molecule has 3 aromatic rings. The number of aromatic nitrogens is 4. The predicted molar refractivity (Wildman–Crippen MR) is 140 cm³/mol. The number of esters is 1. The molecule has 1 atom stereocenters. The van der Waals surface area contributed by atoms with Gasteiger partial charge in [-0.3, -0.25) is 4.79 Å². The SMILES string of the molecule is CC(=O)CC[C@@H](NC(=O)c1ccc(N(C)Cc2cnc3nc(N)nc(N)c3n2)cc1)C(=O)OC(C)(C)C. The zero-order chi connectivity index (χ0) is 27.3. The molecule has 0 saturated heterocycles. The lowest BCUT2D eigenvalue weighted by atomic mass is 10.1. The Labute approximate surface area is 214 Å². The number of rotatable bonds is 9. The summed E-state index contributed by atoms with van der Waals surface area (Å²) >= 11 is 0. The van der Waals surface area contributed by atoms with E-state index in [-0.39, 0.29) is 30.4 Å². The Morgan fingerprint density at radius 2 is 1.76 bits per heavy atom. The van der Waals surface area contributed by atoms with E-state index < -0.39 is 23.5 Å². The fourth-order valence-electron chi connectivity index (χ4n) is 3.47. The summed E-state index contributed by atoms with van der Waals surface area (Å²) in [6.07, 6.45) is 1.90. The lowest BCUT2D eigenvalue weighted by molar-refractivity contribution is -0.157. The molecular formula is C25H32N8O4. The third-order valence-electron chi connectivity index (χ3n) is 5.25. The van der Waals surface area contributed by atoms with Gasteiger partial charge in [0.05, 0.1) is 18.4 Å². The Morgan fingerprint density at radius 3 is 2.38 bits per heavy atom. The molecule has 0 aliphatic rings. The van der Waals surface area contributed by atoms with Crippen LogP contribution >= 0.6 is 0 Å². The molecule has 12 heteroatoms. The van der Waals surface area contributed by atoms with Crippen molar-refractivity contribution in [1.82, 2.24) is 25.3 Å². The number of carbonyl (C=O) groups excluding carboxylic acids is 3. The summed E-state index contributed by atoms with van der Waals surface area (Å²) in [7, 11) is 1.87. The third kappa shape index (κ3) is 7.56. The van der Waals surface area contributed by atoms with Gasteiger partial charge < -0.3 is 31.2 Å². The van der Waals surface area contributed by atoms with Crippen molar-refractivity contribution in [1.29, 1.82) is 0 Å². The highest BCUT2D eigenvalue weighted by Gasteiger charge is 2.27. The maximum atomic E-state index is 12.9. The van der Waals surface area contributed by atoms with E-state index in [1.165, 1.54) is 6.92 Å². The number of nitrogen functional groups attached to an aromatic ring is 2. The Morgan fingerprint density at radius 1 is 1.08 bits per heavy atom. The summed E-state index contributed by atoms with van der Waals surface area (Å²) in [6.45, 7) is 7.07. The summed E-state index contributed by atoms with van der Waals surface area (Å²) in [6, 6.07) is 5.92. The molecule has 0 saturated carbocycles. The molecule has 3 rings (SSSR count). The van der Waals surface area contributed by atoms with Gasteiger partial charge in [0.15, 0.2) is 17.0 Å². The second-order valence-corrected chi connectivity index (χ2v) is 9.70. The van der Waals surface area contributed by atoms with E-state index in [2.05, 4.69) is 25.3 Å². The van der Waals surface area contributed by atoms with Gasteiger partial charge in [-0.1, -0.05) is 0 Å². The number of nitrogens with zero attached hydrogens (tertiary/aromatic N) is 5. The van der Waals surface area contributed by atoms with Gasteiger partial charge in [0.1, 0.15) is 17.4 Å². The second kappa shape index (κ2) is 11.1. The number of ketones is 1. The summed E-state index contributed by atoms with van der Waals surface area (Å²) in [5.74, 6) is -0.912. The smallest absolute Gasteiger partial charge is 0.329 e. The highest BCUT2D eigenvalue weighted by molar-refractivity contribution is 5.97. The van der Waals surface area contributed by atoms with Crippen LogP contribution in [0.2, 0.25) is 0 Å². The fraction of sp³-hybridized carbons (Fsp3) is 0.400. The highest BCUT2D eigenvalue weighted by atomic mass is 16.6. The van der Waals surface area contributed by atoms with Crippen LogP contribution in [0.4, 0.5) is 17.5 Å². The van der Waals surface area contributed by atoms with Gasteiger partial charge in [0.2, 0.25) is 5.95 Å². The van der Waals surface area contributed by atoms with Crippen LogP contribution in [-0.4, -0.2) is 56.3 Å². The van der Waals surface area contributed by atoms with Gasteiger partial charge >= 0.3 is 5.97 Å². The summed E-state index contributed by atoms with van der Waals surface area (Å²) in [5, 5.41) is 2.70. The number of anilines is 3. The normalized spacial score (nSPS) is 12.1. The molecule has 1 aromatic carbocycles. The molecule has 12 nitrogen and oxygen atoms in total. The minimum atomic E-state index is -0.934. The number of Topliss-reactive ketones (excluding diaryl/α,β-unsaturated/α-hetero) is 1. The molecule has 2 aromatic heterocycles. The van der Waals surface area contributed by atoms with Crippen LogP contribution in [0, 0.1) is 0 Å². The topological polar surface area (TPSA) is 179 Å². The first-order chi connectivity index (χ1) is 17.3. The summed E-state index contributed by atoms with van der Waals surface area (Å²) in [5.41, 5.74) is 13.3. The van der Waals surface area contributed by atoms with Crippen molar-refractivity contribution in [2.75, 3.05) is 23.4 Å². The lowest BCUT2D eigenvalue weighted by Crippen LogP contribution is -2.44. The predicted octanol–water partition coefficient (Wildman–Crippen LogP) is 2.03. The van der Waals surface area contributed by atoms with Gasteiger partial charge in [0.25, 0.3) is 5.91 Å². The Balaban J connectivity index is 1.69. The van der Waals surface area contributed by atoms with E-state index in [9.17, 15) is 14.4 Å². The number of nitrogens with two attached hydrogens (primary N) is 2. The average molecular weight is 509 g/mol. The van der Waals surface area contributed by atoms with Crippen molar-refractivity contribution in [3.63, 3.8) is 0 Å². The van der Waals surface area contributed by atoms with Gasteiger partial charge in [-0.2, -0.15) is 9.97 Å². The van der Waals surface area contributed by atoms with Crippen molar-refractivity contribution >= 4 is 46.3 Å².